The van der Waals surface area contributed by atoms with Crippen LogP contribution >= 0.6 is 0 Å². The molecule has 0 spiro atoms. The van der Waals surface area contributed by atoms with Crippen molar-refractivity contribution < 1.29 is 24.2 Å². The Morgan fingerprint density at radius 2 is 1.82 bits per heavy atom. The number of nitrogens with two attached hydrogens (primary N) is 1. The molecule has 10 heteroatoms. The van der Waals surface area contributed by atoms with Crippen molar-refractivity contribution in [2.75, 3.05) is 26.4 Å². The number of likely N-dealkylation sites (N-methyl/N-ethyl adjacent to an activating group) is 1. The maximum Gasteiger partial charge on any atom is 0.307 e. The molecule has 286 valence electrons. The highest BCUT2D eigenvalue weighted by Gasteiger charge is 2.72. The second-order valence-corrected chi connectivity index (χ2v) is 19.3. The van der Waals surface area contributed by atoms with Crippen LogP contribution in [0.2, 0.25) is 0 Å². The summed E-state index contributed by atoms with van der Waals surface area (Å²) in [6.07, 6.45) is 8.99. The van der Waals surface area contributed by atoms with E-state index in [1.165, 1.54) is 11.9 Å². The average Bonchev–Trinajstić information content (AvgIpc) is 3.54. The van der Waals surface area contributed by atoms with E-state index in [0.29, 0.717) is 44.0 Å². The van der Waals surface area contributed by atoms with E-state index in [-0.39, 0.29) is 57.0 Å². The van der Waals surface area contributed by atoms with Crippen LogP contribution in [0.1, 0.15) is 131 Å². The Labute approximate surface area is 306 Å². The van der Waals surface area contributed by atoms with Crippen molar-refractivity contribution in [1.82, 2.24) is 20.1 Å². The summed E-state index contributed by atoms with van der Waals surface area (Å²) in [7, 11) is 0. The topological polar surface area (TPSA) is 142 Å². The molecule has 10 nitrogen and oxygen atoms in total. The van der Waals surface area contributed by atoms with Crippen LogP contribution in [0.5, 0.6) is 0 Å². The number of carboxylic acid groups (broad SMARTS) is 1. The van der Waals surface area contributed by atoms with Gasteiger partial charge >= 0.3 is 5.97 Å². The fraction of sp³-hybridized carbons (Fsp3) is 0.854. The quantitative estimate of drug-likeness (QED) is 0.211. The van der Waals surface area contributed by atoms with Gasteiger partial charge in [0.2, 0.25) is 5.82 Å². The number of fused-ring (bicyclic) bond motifs is 3. The molecule has 51 heavy (non-hydrogen) atoms. The van der Waals surface area contributed by atoms with Crippen molar-refractivity contribution in [3.05, 3.63) is 23.8 Å². The lowest BCUT2D eigenvalue weighted by Gasteiger charge is -2.71. The van der Waals surface area contributed by atoms with Crippen molar-refractivity contribution in [3.8, 4) is 0 Å². The molecule has 1 aromatic heterocycles. The van der Waals surface area contributed by atoms with Crippen LogP contribution in [-0.4, -0.2) is 69.8 Å². The minimum absolute atomic E-state index is 0.156. The summed E-state index contributed by atoms with van der Waals surface area (Å²) in [5, 5.41) is 19.4. The number of carboxylic acids is 1. The van der Waals surface area contributed by atoms with E-state index in [0.717, 1.165) is 38.6 Å². The Bertz CT molecular complexity index is 1540. The Morgan fingerprint density at radius 1 is 1.12 bits per heavy atom. The number of ether oxygens (including phenoxy) is 2. The number of rotatable bonds is 11. The fourth-order valence-electron chi connectivity index (χ4n) is 12.9. The molecular formula is C41H67N5O5. The lowest BCUT2D eigenvalue weighted by molar-refractivity contribution is -0.253. The summed E-state index contributed by atoms with van der Waals surface area (Å²) < 4.78 is 15.6. The smallest absolute Gasteiger partial charge is 0.307 e. The maximum atomic E-state index is 13.5. The molecule has 1 aliphatic heterocycles. The van der Waals surface area contributed by atoms with Gasteiger partial charge in [0, 0.05) is 16.4 Å². The molecule has 1 saturated heterocycles. The molecule has 0 radical (unpaired) electrons. The van der Waals surface area contributed by atoms with Gasteiger partial charge in [-0.25, -0.2) is 9.67 Å². The number of amides is 1. The second kappa shape index (κ2) is 12.9. The van der Waals surface area contributed by atoms with Gasteiger partial charge in [0.15, 0.2) is 0 Å². The zero-order valence-corrected chi connectivity index (χ0v) is 33.3. The first-order valence-corrected chi connectivity index (χ1v) is 19.8. The maximum absolute atomic E-state index is 13.5. The molecular weight excluding hydrogens is 642 g/mol. The average molecular weight is 710 g/mol. The van der Waals surface area contributed by atoms with Crippen LogP contribution < -0.4 is 11.1 Å². The number of carbonyl (C=O) groups is 2. The third kappa shape index (κ3) is 5.41. The van der Waals surface area contributed by atoms with Crippen molar-refractivity contribution in [1.29, 1.82) is 0 Å². The number of aliphatic carboxylic acids is 1. The largest absolute Gasteiger partial charge is 0.481 e. The molecule has 4 fully saturated rings. The first-order valence-electron chi connectivity index (χ1n) is 19.8. The number of nitrogens with one attached hydrogen (secondary N) is 1. The van der Waals surface area contributed by atoms with Gasteiger partial charge < -0.3 is 25.6 Å². The molecule has 6 rings (SSSR count). The summed E-state index contributed by atoms with van der Waals surface area (Å²) in [5.41, 5.74) is 5.55. The van der Waals surface area contributed by atoms with E-state index in [4.69, 9.17) is 15.2 Å². The van der Waals surface area contributed by atoms with Gasteiger partial charge in [-0.2, -0.15) is 5.10 Å². The molecule has 5 aliphatic rings. The van der Waals surface area contributed by atoms with Gasteiger partial charge in [-0.1, -0.05) is 80.9 Å². The number of hydrogen-bond donors (Lipinski definition) is 3. The molecule has 0 unspecified atom stereocenters. The van der Waals surface area contributed by atoms with Crippen molar-refractivity contribution in [2.45, 2.75) is 132 Å². The van der Waals surface area contributed by atoms with Crippen LogP contribution in [-0.2, 0) is 14.3 Å². The van der Waals surface area contributed by atoms with Crippen LogP contribution in [0, 0.1) is 62.6 Å². The molecule has 1 amide bonds. The van der Waals surface area contributed by atoms with Gasteiger partial charge in [-0.3, -0.25) is 9.59 Å². The Morgan fingerprint density at radius 3 is 2.43 bits per heavy atom. The summed E-state index contributed by atoms with van der Waals surface area (Å²) in [6, 6.07) is -0.285. The molecule has 4 aliphatic carbocycles. The van der Waals surface area contributed by atoms with E-state index in [2.05, 4.69) is 97.6 Å². The highest BCUT2D eigenvalue weighted by molar-refractivity contribution is 5.89. The van der Waals surface area contributed by atoms with Crippen molar-refractivity contribution in [3.63, 3.8) is 0 Å². The predicted octanol–water partition coefficient (Wildman–Crippen LogP) is 6.92. The Balaban J connectivity index is 1.47. The van der Waals surface area contributed by atoms with E-state index in [9.17, 15) is 14.7 Å². The summed E-state index contributed by atoms with van der Waals surface area (Å²) in [5.74, 6) is 0.0168. The van der Waals surface area contributed by atoms with Crippen LogP contribution in [0.3, 0.4) is 0 Å². The minimum atomic E-state index is -0.649. The zero-order valence-electron chi connectivity index (χ0n) is 33.3. The number of aromatic nitrogens is 3. The van der Waals surface area contributed by atoms with Gasteiger partial charge in [0.05, 0.1) is 37.9 Å². The zero-order chi connectivity index (χ0) is 37.5. The number of hydrogen-bond acceptors (Lipinski definition) is 7. The SMILES string of the molecule is CCN[C@@](C)(CO[C@H]1[C@H](n2ncnc2C(N)=O)C[C@@]23COC[C@@]1(C)[C@@H]2CC[C@H]1C3=CC[C@@]2(C)[C@H](C(=O)O)[C@@](C)([C@H](C)C(C)C)CC[C@]12C)C(C)C. The summed E-state index contributed by atoms with van der Waals surface area (Å²) >= 11 is 0. The fourth-order valence-corrected chi connectivity index (χ4v) is 12.9. The van der Waals surface area contributed by atoms with Crippen LogP contribution in [0.15, 0.2) is 18.0 Å². The molecule has 0 aromatic carbocycles. The summed E-state index contributed by atoms with van der Waals surface area (Å²) in [4.78, 5) is 30.6. The van der Waals surface area contributed by atoms with Crippen LogP contribution in [0.25, 0.3) is 0 Å². The molecule has 4 N–H and O–H groups in total. The second-order valence-electron chi connectivity index (χ2n) is 19.3. The van der Waals surface area contributed by atoms with E-state index in [1.807, 2.05) is 0 Å². The normalized spacial score (nSPS) is 42.3. The molecule has 1 aromatic rings. The highest BCUT2D eigenvalue weighted by atomic mass is 16.5. The van der Waals surface area contributed by atoms with E-state index >= 15 is 0 Å². The number of nitrogens with zero attached hydrogens (tertiary/aromatic N) is 3. The van der Waals surface area contributed by atoms with Crippen molar-refractivity contribution >= 4 is 11.9 Å². The monoisotopic (exact) mass is 710 g/mol. The number of carbonyl (C=O) groups excluding carboxylic acids is 1. The van der Waals surface area contributed by atoms with E-state index < -0.39 is 23.2 Å². The third-order valence-corrected chi connectivity index (χ3v) is 16.6. The van der Waals surface area contributed by atoms with Gasteiger partial charge in [0.1, 0.15) is 6.33 Å². The number of allylic oxidation sites excluding steroid dienone is 1. The van der Waals surface area contributed by atoms with E-state index in [1.54, 1.807) is 4.68 Å². The Kier molecular flexibility index (Phi) is 9.74. The van der Waals surface area contributed by atoms with Crippen LogP contribution in [0.4, 0.5) is 0 Å². The molecule has 12 atom stereocenters. The lowest BCUT2D eigenvalue weighted by atomic mass is 9.34. The molecule has 3 saturated carbocycles. The van der Waals surface area contributed by atoms with Gasteiger partial charge in [-0.15, -0.1) is 0 Å². The standard InChI is InChI=1S/C41H67N5O5/c1-12-44-40(11,25(4)5)21-51-32-29(46-34(33(42)47)43-23-45-46)19-41-22-50-20-37(32,8)30(41)14-13-27-28(41)15-16-39(10)31(35(48)49)36(7,26(6)24(2)3)17-18-38(27,39)9/h15,23-27,29-32,44H,12-14,16-22H2,1-11H3,(H2,42,47)(H,48,49)/t26-,27+,29-,30+,31-,32+,36-,37+,38-,39+,40+,41+/m1/s1. The van der Waals surface area contributed by atoms with Crippen molar-refractivity contribution in [2.24, 2.45) is 68.3 Å². The first kappa shape index (κ1) is 38.4. The molecule has 2 heterocycles. The number of primary amides is 1. The minimum Gasteiger partial charge on any atom is -0.481 e. The Hall–Kier alpha value is -2.30. The third-order valence-electron chi connectivity index (χ3n) is 16.6. The molecule has 2 bridgehead atoms. The first-order chi connectivity index (χ1) is 23.8. The predicted molar refractivity (Wildman–Crippen MR) is 198 cm³/mol. The van der Waals surface area contributed by atoms with Gasteiger partial charge in [-0.05, 0) is 97.8 Å². The summed E-state index contributed by atoms with van der Waals surface area (Å²) in [6.45, 7) is 27.3. The lowest BCUT2D eigenvalue weighted by Crippen LogP contribution is -2.69. The van der Waals surface area contributed by atoms with Gasteiger partial charge in [0.25, 0.3) is 5.91 Å². The highest BCUT2D eigenvalue weighted by Crippen LogP contribution is 2.75.